The molecule has 2 rings (SSSR count). The van der Waals surface area contributed by atoms with Gasteiger partial charge in [-0.1, -0.05) is 11.8 Å². The summed E-state index contributed by atoms with van der Waals surface area (Å²) in [6.45, 7) is 6.13. The second-order valence-corrected chi connectivity index (χ2v) is 4.83. The monoisotopic (exact) mass is 263 g/mol. The van der Waals surface area contributed by atoms with E-state index in [0.717, 1.165) is 28.2 Å². The van der Waals surface area contributed by atoms with Crippen molar-refractivity contribution in [1.29, 1.82) is 0 Å². The number of aromatic nitrogens is 4. The Bertz CT molecular complexity index is 554. The van der Waals surface area contributed by atoms with Crippen molar-refractivity contribution in [3.63, 3.8) is 0 Å². The molecule has 5 nitrogen and oxygen atoms in total. The highest BCUT2D eigenvalue weighted by atomic mass is 32.2. The van der Waals surface area contributed by atoms with Gasteiger partial charge in [-0.3, -0.25) is 0 Å². The maximum absolute atomic E-state index is 4.52. The number of anilines is 1. The van der Waals surface area contributed by atoms with Crippen LogP contribution in [0.25, 0.3) is 5.82 Å². The number of rotatable bonds is 3. The first-order chi connectivity index (χ1) is 8.56. The number of thioether (sulfide) groups is 1. The molecular formula is C12H17N5S. The Balaban J connectivity index is 2.59. The molecule has 0 aliphatic heterocycles. The van der Waals surface area contributed by atoms with Crippen molar-refractivity contribution in [1.82, 2.24) is 19.7 Å². The smallest absolute Gasteiger partial charge is 0.191 e. The summed E-state index contributed by atoms with van der Waals surface area (Å²) in [7, 11) is 1.85. The van der Waals surface area contributed by atoms with E-state index in [9.17, 15) is 0 Å². The second kappa shape index (κ2) is 4.97. The number of hydrogen-bond donors (Lipinski definition) is 1. The van der Waals surface area contributed by atoms with Crippen molar-refractivity contribution in [2.75, 3.05) is 18.6 Å². The molecule has 0 aliphatic carbocycles. The summed E-state index contributed by atoms with van der Waals surface area (Å²) in [5, 5.41) is 8.31. The highest BCUT2D eigenvalue weighted by Crippen LogP contribution is 2.20. The molecule has 0 saturated heterocycles. The second-order valence-electron chi connectivity index (χ2n) is 4.06. The van der Waals surface area contributed by atoms with Gasteiger partial charge in [0.15, 0.2) is 11.0 Å². The summed E-state index contributed by atoms with van der Waals surface area (Å²) in [4.78, 5) is 8.85. The third-order valence-electron chi connectivity index (χ3n) is 3.00. The summed E-state index contributed by atoms with van der Waals surface area (Å²) in [6.07, 6.45) is 1.96. The molecule has 96 valence electrons. The zero-order chi connectivity index (χ0) is 13.3. The number of hydrogen-bond acceptors (Lipinski definition) is 5. The maximum atomic E-state index is 4.52. The van der Waals surface area contributed by atoms with Crippen molar-refractivity contribution >= 4 is 17.6 Å². The zero-order valence-electron chi connectivity index (χ0n) is 11.3. The van der Waals surface area contributed by atoms with E-state index in [1.165, 1.54) is 17.3 Å². The number of nitrogens with zero attached hydrogens (tertiary/aromatic N) is 4. The molecule has 0 spiro atoms. The first-order valence-electron chi connectivity index (χ1n) is 5.70. The quantitative estimate of drug-likeness (QED) is 0.680. The highest BCUT2D eigenvalue weighted by Gasteiger charge is 2.12. The predicted molar refractivity (Wildman–Crippen MR) is 74.7 cm³/mol. The van der Waals surface area contributed by atoms with E-state index >= 15 is 0 Å². The zero-order valence-corrected chi connectivity index (χ0v) is 12.1. The number of nitrogens with one attached hydrogen (secondary N) is 1. The molecule has 0 amide bonds. The molecular weight excluding hydrogens is 246 g/mol. The Morgan fingerprint density at radius 3 is 2.44 bits per heavy atom. The van der Waals surface area contributed by atoms with E-state index in [0.29, 0.717) is 0 Å². The molecule has 0 aliphatic rings. The molecule has 0 atom stereocenters. The lowest BCUT2D eigenvalue weighted by molar-refractivity contribution is 0.778. The van der Waals surface area contributed by atoms with Crippen LogP contribution in [0.1, 0.15) is 17.0 Å². The fraction of sp³-hybridized carbons (Fsp3) is 0.417. The maximum Gasteiger partial charge on any atom is 0.191 e. The molecule has 2 aromatic heterocycles. The van der Waals surface area contributed by atoms with Crippen LogP contribution >= 0.6 is 11.8 Å². The molecule has 0 bridgehead atoms. The minimum Gasteiger partial charge on any atom is -0.373 e. The number of aryl methyl sites for hydroxylation is 1. The lowest BCUT2D eigenvalue weighted by Gasteiger charge is -2.07. The summed E-state index contributed by atoms with van der Waals surface area (Å²) in [5.41, 5.74) is 3.34. The van der Waals surface area contributed by atoms with E-state index in [2.05, 4.69) is 34.2 Å². The van der Waals surface area contributed by atoms with Crippen LogP contribution in [-0.2, 0) is 0 Å². The Kier molecular flexibility index (Phi) is 3.56. The van der Waals surface area contributed by atoms with Gasteiger partial charge < -0.3 is 5.32 Å². The molecule has 2 aromatic rings. The van der Waals surface area contributed by atoms with Gasteiger partial charge in [0.05, 0.1) is 5.69 Å². The lowest BCUT2D eigenvalue weighted by Crippen LogP contribution is -2.06. The SMILES string of the molecule is CNc1cc(-n2nc(C)c(C)c2C)nc(SC)n1. The Morgan fingerprint density at radius 2 is 1.94 bits per heavy atom. The average molecular weight is 263 g/mol. The van der Waals surface area contributed by atoms with Gasteiger partial charge >= 0.3 is 0 Å². The summed E-state index contributed by atoms with van der Waals surface area (Å²) >= 11 is 1.52. The van der Waals surface area contributed by atoms with Gasteiger partial charge in [-0.05, 0) is 32.6 Å². The highest BCUT2D eigenvalue weighted by molar-refractivity contribution is 7.98. The van der Waals surface area contributed by atoms with Crippen LogP contribution in [0, 0.1) is 20.8 Å². The van der Waals surface area contributed by atoms with Crippen LogP contribution in [0.3, 0.4) is 0 Å². The van der Waals surface area contributed by atoms with Crippen molar-refractivity contribution < 1.29 is 0 Å². The molecule has 2 heterocycles. The van der Waals surface area contributed by atoms with E-state index < -0.39 is 0 Å². The van der Waals surface area contributed by atoms with Gasteiger partial charge in [-0.15, -0.1) is 0 Å². The van der Waals surface area contributed by atoms with Gasteiger partial charge in [-0.25, -0.2) is 14.6 Å². The van der Waals surface area contributed by atoms with Crippen molar-refractivity contribution in [3.05, 3.63) is 23.0 Å². The minimum absolute atomic E-state index is 0.738. The molecule has 0 aromatic carbocycles. The Morgan fingerprint density at radius 1 is 1.22 bits per heavy atom. The van der Waals surface area contributed by atoms with Gasteiger partial charge in [0, 0.05) is 18.8 Å². The van der Waals surface area contributed by atoms with Crippen molar-refractivity contribution in [3.8, 4) is 5.82 Å². The van der Waals surface area contributed by atoms with E-state index in [-0.39, 0.29) is 0 Å². The van der Waals surface area contributed by atoms with Gasteiger partial charge in [0.1, 0.15) is 5.82 Å². The van der Waals surface area contributed by atoms with E-state index in [4.69, 9.17) is 0 Å². The molecule has 1 N–H and O–H groups in total. The Labute approximate surface area is 111 Å². The molecule has 18 heavy (non-hydrogen) atoms. The summed E-state index contributed by atoms with van der Waals surface area (Å²) in [6, 6.07) is 1.90. The van der Waals surface area contributed by atoms with Crippen molar-refractivity contribution in [2.45, 2.75) is 25.9 Å². The van der Waals surface area contributed by atoms with Gasteiger partial charge in [0.25, 0.3) is 0 Å². The average Bonchev–Trinajstić information content (AvgIpc) is 2.65. The van der Waals surface area contributed by atoms with E-state index in [1.54, 1.807) is 0 Å². The molecule has 0 radical (unpaired) electrons. The first kappa shape index (κ1) is 12.9. The standard InChI is InChI=1S/C12H17N5S/c1-7-8(2)16-17(9(7)3)11-6-10(13-4)14-12(15-11)18-5/h6H,1-5H3,(H,13,14,15). The lowest BCUT2D eigenvalue weighted by atomic mass is 10.2. The van der Waals surface area contributed by atoms with Crippen LogP contribution in [-0.4, -0.2) is 33.1 Å². The third-order valence-corrected chi connectivity index (χ3v) is 3.55. The summed E-state index contributed by atoms with van der Waals surface area (Å²) in [5.74, 6) is 1.60. The minimum atomic E-state index is 0.738. The van der Waals surface area contributed by atoms with Gasteiger partial charge in [0.2, 0.25) is 0 Å². The molecule has 6 heteroatoms. The molecule has 0 unspecified atom stereocenters. The Hall–Kier alpha value is -1.56. The molecule has 0 saturated carbocycles. The fourth-order valence-electron chi connectivity index (χ4n) is 1.68. The van der Waals surface area contributed by atoms with Gasteiger partial charge in [-0.2, -0.15) is 5.10 Å². The third kappa shape index (κ3) is 2.20. The van der Waals surface area contributed by atoms with Crippen LogP contribution in [0.4, 0.5) is 5.82 Å². The topological polar surface area (TPSA) is 55.6 Å². The normalized spacial score (nSPS) is 10.7. The van der Waals surface area contributed by atoms with E-state index in [1.807, 2.05) is 31.0 Å². The van der Waals surface area contributed by atoms with Crippen molar-refractivity contribution in [2.24, 2.45) is 0 Å². The van der Waals surface area contributed by atoms with Crippen LogP contribution in [0.2, 0.25) is 0 Å². The molecule has 0 fully saturated rings. The predicted octanol–water partition coefficient (Wildman–Crippen LogP) is 2.35. The first-order valence-corrected chi connectivity index (χ1v) is 6.93. The largest absolute Gasteiger partial charge is 0.373 e. The van der Waals surface area contributed by atoms with Crippen LogP contribution in [0.5, 0.6) is 0 Å². The fourth-order valence-corrected chi connectivity index (χ4v) is 2.06. The van der Waals surface area contributed by atoms with Crippen LogP contribution < -0.4 is 5.32 Å². The van der Waals surface area contributed by atoms with Crippen LogP contribution in [0.15, 0.2) is 11.2 Å². The summed E-state index contributed by atoms with van der Waals surface area (Å²) < 4.78 is 1.87.